The van der Waals surface area contributed by atoms with E-state index in [1.807, 2.05) is 24.3 Å². The summed E-state index contributed by atoms with van der Waals surface area (Å²) >= 11 is 16.6. The number of nitrogens with zero attached hydrogens (tertiary/aromatic N) is 3. The Labute approximate surface area is 161 Å². The minimum atomic E-state index is -0.230. The molecule has 0 saturated heterocycles. The average molecular weight is 443 g/mol. The van der Waals surface area contributed by atoms with Gasteiger partial charge in [0.05, 0.1) is 10.0 Å². The lowest BCUT2D eigenvalue weighted by Gasteiger charge is -2.13. The van der Waals surface area contributed by atoms with Gasteiger partial charge in [-0.15, -0.1) is 10.2 Å². The van der Waals surface area contributed by atoms with Crippen LogP contribution in [-0.2, 0) is 0 Å². The van der Waals surface area contributed by atoms with E-state index in [0.717, 1.165) is 15.0 Å². The smallest absolute Gasteiger partial charge is 0.259 e. The standard InChI is InChI=1S/C16H10BrCl2N3OS/c1-22(15(23)10-4-7-12(18)13(19)8-10)16-21-20-14(24-16)9-2-5-11(17)6-3-9/h2-8H,1H3. The quantitative estimate of drug-likeness (QED) is 0.534. The van der Waals surface area contributed by atoms with Crippen LogP contribution < -0.4 is 4.90 Å². The van der Waals surface area contributed by atoms with Gasteiger partial charge in [-0.1, -0.05) is 62.6 Å². The average Bonchev–Trinajstić information content (AvgIpc) is 3.06. The van der Waals surface area contributed by atoms with Crippen LogP contribution in [-0.4, -0.2) is 23.2 Å². The van der Waals surface area contributed by atoms with Gasteiger partial charge < -0.3 is 0 Å². The van der Waals surface area contributed by atoms with Crippen molar-refractivity contribution in [1.29, 1.82) is 0 Å². The third-order valence-electron chi connectivity index (χ3n) is 3.26. The van der Waals surface area contributed by atoms with Crippen LogP contribution in [0.15, 0.2) is 46.9 Å². The van der Waals surface area contributed by atoms with Gasteiger partial charge in [-0.3, -0.25) is 9.69 Å². The van der Waals surface area contributed by atoms with Gasteiger partial charge in [-0.05, 0) is 30.3 Å². The molecule has 0 atom stereocenters. The van der Waals surface area contributed by atoms with E-state index in [-0.39, 0.29) is 5.91 Å². The third-order valence-corrected chi connectivity index (χ3v) is 5.58. The Morgan fingerprint density at radius 1 is 1.08 bits per heavy atom. The van der Waals surface area contributed by atoms with Crippen molar-refractivity contribution < 1.29 is 4.79 Å². The predicted molar refractivity (Wildman–Crippen MR) is 102 cm³/mol. The molecule has 0 aliphatic carbocycles. The molecule has 1 aromatic heterocycles. The molecule has 0 fully saturated rings. The molecule has 1 amide bonds. The highest BCUT2D eigenvalue weighted by Crippen LogP contribution is 2.30. The second-order valence-electron chi connectivity index (χ2n) is 4.89. The molecule has 0 aliphatic rings. The van der Waals surface area contributed by atoms with Crippen LogP contribution in [0.2, 0.25) is 10.0 Å². The number of hydrogen-bond acceptors (Lipinski definition) is 4. The van der Waals surface area contributed by atoms with E-state index in [4.69, 9.17) is 23.2 Å². The first-order chi connectivity index (χ1) is 11.5. The van der Waals surface area contributed by atoms with Crippen molar-refractivity contribution in [3.63, 3.8) is 0 Å². The fourth-order valence-electron chi connectivity index (χ4n) is 1.97. The van der Waals surface area contributed by atoms with E-state index < -0.39 is 0 Å². The Morgan fingerprint density at radius 3 is 2.46 bits per heavy atom. The van der Waals surface area contributed by atoms with Gasteiger partial charge >= 0.3 is 0 Å². The second kappa shape index (κ2) is 7.19. The van der Waals surface area contributed by atoms with E-state index >= 15 is 0 Å². The Balaban J connectivity index is 1.84. The number of hydrogen-bond donors (Lipinski definition) is 0. The molecule has 8 heteroatoms. The van der Waals surface area contributed by atoms with Gasteiger partial charge in [0.25, 0.3) is 5.91 Å². The number of anilines is 1. The monoisotopic (exact) mass is 441 g/mol. The van der Waals surface area contributed by atoms with Gasteiger partial charge in [0.2, 0.25) is 5.13 Å². The molecule has 3 rings (SSSR count). The van der Waals surface area contributed by atoms with Crippen molar-refractivity contribution in [1.82, 2.24) is 10.2 Å². The highest BCUT2D eigenvalue weighted by molar-refractivity contribution is 9.10. The van der Waals surface area contributed by atoms with E-state index in [2.05, 4.69) is 26.1 Å². The lowest BCUT2D eigenvalue weighted by Crippen LogP contribution is -2.26. The van der Waals surface area contributed by atoms with Crippen LogP contribution in [0.5, 0.6) is 0 Å². The van der Waals surface area contributed by atoms with Crippen molar-refractivity contribution in [3.05, 3.63) is 62.5 Å². The first-order valence-corrected chi connectivity index (χ1v) is 9.15. The molecule has 0 spiro atoms. The predicted octanol–water partition coefficient (Wildman–Crippen LogP) is 5.55. The third kappa shape index (κ3) is 3.62. The zero-order chi connectivity index (χ0) is 17.3. The van der Waals surface area contributed by atoms with Crippen LogP contribution in [0, 0.1) is 0 Å². The van der Waals surface area contributed by atoms with Crippen LogP contribution >= 0.6 is 50.5 Å². The first-order valence-electron chi connectivity index (χ1n) is 6.78. The van der Waals surface area contributed by atoms with Crippen molar-refractivity contribution in [2.24, 2.45) is 0 Å². The first kappa shape index (κ1) is 17.4. The summed E-state index contributed by atoms with van der Waals surface area (Å²) < 4.78 is 0.989. The van der Waals surface area contributed by atoms with Gasteiger partial charge in [0.15, 0.2) is 0 Å². The summed E-state index contributed by atoms with van der Waals surface area (Å²) in [6, 6.07) is 12.5. The molecule has 122 valence electrons. The summed E-state index contributed by atoms with van der Waals surface area (Å²) in [6.45, 7) is 0. The number of halogens is 3. The summed E-state index contributed by atoms with van der Waals surface area (Å²) in [5, 5.41) is 10.3. The number of rotatable bonds is 3. The number of carbonyl (C=O) groups is 1. The van der Waals surface area contributed by atoms with Crippen LogP contribution in [0.25, 0.3) is 10.6 Å². The van der Waals surface area contributed by atoms with Gasteiger partial charge in [0.1, 0.15) is 5.01 Å². The molecule has 0 N–H and O–H groups in total. The fraction of sp³-hybridized carbons (Fsp3) is 0.0625. The maximum atomic E-state index is 12.6. The molecular weight excluding hydrogens is 433 g/mol. The Morgan fingerprint density at radius 2 is 1.79 bits per heavy atom. The Hall–Kier alpha value is -1.47. The normalized spacial score (nSPS) is 10.7. The van der Waals surface area contributed by atoms with Crippen molar-refractivity contribution in [2.45, 2.75) is 0 Å². The van der Waals surface area contributed by atoms with Crippen LogP contribution in [0.3, 0.4) is 0 Å². The van der Waals surface area contributed by atoms with E-state index in [9.17, 15) is 4.79 Å². The van der Waals surface area contributed by atoms with Crippen molar-refractivity contribution in [3.8, 4) is 10.6 Å². The number of benzene rings is 2. The highest BCUT2D eigenvalue weighted by atomic mass is 79.9. The second-order valence-corrected chi connectivity index (χ2v) is 7.58. The van der Waals surface area contributed by atoms with Crippen molar-refractivity contribution >= 4 is 61.5 Å². The zero-order valence-electron chi connectivity index (χ0n) is 12.3. The Bertz CT molecular complexity index is 899. The SMILES string of the molecule is CN(C(=O)c1ccc(Cl)c(Cl)c1)c1nnc(-c2ccc(Br)cc2)s1. The van der Waals surface area contributed by atoms with E-state index in [1.54, 1.807) is 25.2 Å². The summed E-state index contributed by atoms with van der Waals surface area (Å²) in [4.78, 5) is 14.0. The lowest BCUT2D eigenvalue weighted by molar-refractivity contribution is 0.0993. The number of carbonyl (C=O) groups excluding carboxylic acids is 1. The topological polar surface area (TPSA) is 46.1 Å². The molecular formula is C16H10BrCl2N3OS. The minimum absolute atomic E-state index is 0.230. The molecule has 1 heterocycles. The Kier molecular flexibility index (Phi) is 5.20. The van der Waals surface area contributed by atoms with E-state index in [0.29, 0.717) is 20.7 Å². The lowest BCUT2D eigenvalue weighted by atomic mass is 10.2. The summed E-state index contributed by atoms with van der Waals surface area (Å²) in [5.41, 5.74) is 1.38. The molecule has 0 saturated carbocycles. The summed E-state index contributed by atoms with van der Waals surface area (Å²) in [6.07, 6.45) is 0. The van der Waals surface area contributed by atoms with Crippen molar-refractivity contribution in [2.75, 3.05) is 11.9 Å². The highest BCUT2D eigenvalue weighted by Gasteiger charge is 2.19. The fourth-order valence-corrected chi connectivity index (χ4v) is 3.34. The number of aromatic nitrogens is 2. The summed E-state index contributed by atoms with van der Waals surface area (Å²) in [5.74, 6) is -0.230. The van der Waals surface area contributed by atoms with Gasteiger partial charge in [0, 0.05) is 22.6 Å². The maximum absolute atomic E-state index is 12.6. The molecule has 4 nitrogen and oxygen atoms in total. The van der Waals surface area contributed by atoms with Gasteiger partial charge in [-0.25, -0.2) is 0 Å². The largest absolute Gasteiger partial charge is 0.286 e. The maximum Gasteiger partial charge on any atom is 0.259 e. The van der Waals surface area contributed by atoms with Gasteiger partial charge in [-0.2, -0.15) is 0 Å². The molecule has 3 aromatic rings. The molecule has 2 aromatic carbocycles. The zero-order valence-corrected chi connectivity index (χ0v) is 16.2. The molecule has 0 bridgehead atoms. The molecule has 0 aliphatic heterocycles. The van der Waals surface area contributed by atoms with Crippen LogP contribution in [0.4, 0.5) is 5.13 Å². The molecule has 24 heavy (non-hydrogen) atoms. The van der Waals surface area contributed by atoms with Crippen LogP contribution in [0.1, 0.15) is 10.4 Å². The summed E-state index contributed by atoms with van der Waals surface area (Å²) in [7, 11) is 1.65. The minimum Gasteiger partial charge on any atom is -0.286 e. The number of amides is 1. The molecule has 0 unspecified atom stereocenters. The molecule has 0 radical (unpaired) electrons. The van der Waals surface area contributed by atoms with E-state index in [1.165, 1.54) is 16.2 Å².